The highest BCUT2D eigenvalue weighted by atomic mass is 32.1. The van der Waals surface area contributed by atoms with Crippen molar-refractivity contribution in [1.29, 1.82) is 0 Å². The molecule has 1 aliphatic heterocycles. The molecule has 0 unspecified atom stereocenters. The lowest BCUT2D eigenvalue weighted by Gasteiger charge is -2.00. The van der Waals surface area contributed by atoms with Gasteiger partial charge in [-0.1, -0.05) is 17.4 Å². The van der Waals surface area contributed by atoms with Crippen LogP contribution in [0.1, 0.15) is 5.56 Å². The number of aryl methyl sites for hydroxylation is 1. The van der Waals surface area contributed by atoms with E-state index in [2.05, 4.69) is 4.99 Å². The molecular formula is C17H13N3O5S. The summed E-state index contributed by atoms with van der Waals surface area (Å²) in [5.41, 5.74) is 1.58. The van der Waals surface area contributed by atoms with Crippen LogP contribution in [-0.2, 0) is 18.3 Å². The van der Waals surface area contributed by atoms with Gasteiger partial charge in [0, 0.05) is 19.2 Å². The van der Waals surface area contributed by atoms with Crippen molar-refractivity contribution >= 4 is 33.1 Å². The van der Waals surface area contributed by atoms with Gasteiger partial charge in [-0.2, -0.15) is 4.99 Å². The van der Waals surface area contributed by atoms with Crippen LogP contribution in [0.25, 0.3) is 10.2 Å². The number of benzene rings is 2. The number of nitrogens with zero attached hydrogens (tertiary/aromatic N) is 3. The predicted molar refractivity (Wildman–Crippen MR) is 94.3 cm³/mol. The molecule has 3 aromatic rings. The maximum atomic E-state index is 12.3. The molecule has 0 saturated carbocycles. The van der Waals surface area contributed by atoms with Crippen LogP contribution in [0.2, 0.25) is 0 Å². The summed E-state index contributed by atoms with van der Waals surface area (Å²) in [6.07, 6.45) is 0.130. The zero-order valence-electron chi connectivity index (χ0n) is 13.7. The molecule has 132 valence electrons. The largest absolute Gasteiger partial charge is 0.454 e. The number of nitro groups is 1. The molecule has 26 heavy (non-hydrogen) atoms. The van der Waals surface area contributed by atoms with E-state index in [1.165, 1.54) is 23.5 Å². The minimum Gasteiger partial charge on any atom is -0.454 e. The molecule has 0 N–H and O–H groups in total. The Kier molecular flexibility index (Phi) is 3.92. The van der Waals surface area contributed by atoms with Crippen LogP contribution in [0.5, 0.6) is 11.5 Å². The number of rotatable bonds is 3. The second kappa shape index (κ2) is 6.26. The normalized spacial score (nSPS) is 13.3. The van der Waals surface area contributed by atoms with Crippen molar-refractivity contribution in [3.05, 3.63) is 56.9 Å². The van der Waals surface area contributed by atoms with Crippen LogP contribution in [0.15, 0.2) is 41.4 Å². The molecule has 2 heterocycles. The molecule has 8 nitrogen and oxygen atoms in total. The number of carbonyl (C=O) groups excluding carboxylic acids is 1. The molecule has 1 amide bonds. The highest BCUT2D eigenvalue weighted by Gasteiger charge is 2.15. The monoisotopic (exact) mass is 371 g/mol. The number of thiazole rings is 1. The molecule has 0 bridgehead atoms. The zero-order chi connectivity index (χ0) is 18.3. The Labute approximate surface area is 151 Å². The third kappa shape index (κ3) is 2.93. The smallest absolute Gasteiger partial charge is 0.270 e. The predicted octanol–water partition coefficient (Wildman–Crippen LogP) is 2.55. The van der Waals surface area contributed by atoms with Crippen LogP contribution in [0.4, 0.5) is 5.69 Å². The second-order valence-electron chi connectivity index (χ2n) is 5.72. The molecule has 0 spiro atoms. The number of non-ortho nitro benzene ring substituents is 1. The van der Waals surface area contributed by atoms with E-state index in [9.17, 15) is 14.9 Å². The maximum Gasteiger partial charge on any atom is 0.270 e. The van der Waals surface area contributed by atoms with Crippen LogP contribution < -0.4 is 14.3 Å². The summed E-state index contributed by atoms with van der Waals surface area (Å²) >= 11 is 1.24. The molecule has 2 aromatic carbocycles. The number of carbonyl (C=O) groups is 1. The zero-order valence-corrected chi connectivity index (χ0v) is 14.5. The van der Waals surface area contributed by atoms with Gasteiger partial charge in [-0.3, -0.25) is 14.9 Å². The number of hydrogen-bond donors (Lipinski definition) is 0. The van der Waals surface area contributed by atoms with Gasteiger partial charge in [0.2, 0.25) is 6.79 Å². The first-order valence-corrected chi connectivity index (χ1v) is 8.53. The number of hydrogen-bond acceptors (Lipinski definition) is 6. The highest BCUT2D eigenvalue weighted by molar-refractivity contribution is 7.16. The third-order valence-electron chi connectivity index (χ3n) is 4.02. The van der Waals surface area contributed by atoms with E-state index in [0.717, 1.165) is 11.1 Å². The van der Waals surface area contributed by atoms with Crippen molar-refractivity contribution < 1.29 is 19.2 Å². The summed E-state index contributed by atoms with van der Waals surface area (Å²) < 4.78 is 13.0. The lowest BCUT2D eigenvalue weighted by Crippen LogP contribution is -2.14. The van der Waals surface area contributed by atoms with E-state index in [4.69, 9.17) is 9.47 Å². The molecule has 0 radical (unpaired) electrons. The van der Waals surface area contributed by atoms with Gasteiger partial charge in [0.25, 0.3) is 11.6 Å². The molecule has 0 saturated heterocycles. The quantitative estimate of drug-likeness (QED) is 0.521. The number of nitro benzene ring substituents is 1. The van der Waals surface area contributed by atoms with E-state index in [-0.39, 0.29) is 24.8 Å². The topological polar surface area (TPSA) is 96.0 Å². The van der Waals surface area contributed by atoms with Gasteiger partial charge in [-0.25, -0.2) is 0 Å². The van der Waals surface area contributed by atoms with Crippen molar-refractivity contribution in [2.45, 2.75) is 6.42 Å². The summed E-state index contributed by atoms with van der Waals surface area (Å²) in [5, 5.41) is 10.9. The average molecular weight is 371 g/mol. The summed E-state index contributed by atoms with van der Waals surface area (Å²) in [6, 6.07) is 9.92. The fourth-order valence-electron chi connectivity index (χ4n) is 2.71. The molecule has 9 heteroatoms. The minimum absolute atomic E-state index is 0.0117. The average Bonchev–Trinajstić information content (AvgIpc) is 3.19. The van der Waals surface area contributed by atoms with Crippen LogP contribution in [0, 0.1) is 10.1 Å². The van der Waals surface area contributed by atoms with E-state index < -0.39 is 4.92 Å². The van der Waals surface area contributed by atoms with Crippen LogP contribution >= 0.6 is 11.3 Å². The Bertz CT molecular complexity index is 1120. The van der Waals surface area contributed by atoms with Gasteiger partial charge < -0.3 is 14.0 Å². The number of amides is 1. The standard InChI is InChI=1S/C17H13N3O5S/c1-19-12-4-3-11(20(22)23)8-15(12)26-17(19)18-16(21)7-10-2-5-13-14(6-10)25-9-24-13/h2-6,8H,7,9H2,1H3. The Balaban J connectivity index is 1.63. The lowest BCUT2D eigenvalue weighted by atomic mass is 10.1. The van der Waals surface area contributed by atoms with E-state index >= 15 is 0 Å². The van der Waals surface area contributed by atoms with E-state index in [1.807, 2.05) is 0 Å². The van der Waals surface area contributed by atoms with Crippen LogP contribution in [0.3, 0.4) is 0 Å². The van der Waals surface area contributed by atoms with Gasteiger partial charge in [0.1, 0.15) is 0 Å². The summed E-state index contributed by atoms with van der Waals surface area (Å²) in [5.74, 6) is 0.978. The van der Waals surface area contributed by atoms with Crippen molar-refractivity contribution in [2.24, 2.45) is 12.0 Å². The van der Waals surface area contributed by atoms with Gasteiger partial charge in [0.15, 0.2) is 16.3 Å². The van der Waals surface area contributed by atoms with Crippen molar-refractivity contribution in [2.75, 3.05) is 6.79 Å². The highest BCUT2D eigenvalue weighted by Crippen LogP contribution is 2.32. The number of fused-ring (bicyclic) bond motifs is 2. The summed E-state index contributed by atoms with van der Waals surface area (Å²) in [4.78, 5) is 27.4. The number of aromatic nitrogens is 1. The SMILES string of the molecule is Cn1c(=NC(=O)Cc2ccc3c(c2)OCO3)sc2cc([N+](=O)[O-])ccc21. The summed E-state index contributed by atoms with van der Waals surface area (Å²) in [6.45, 7) is 0.181. The van der Waals surface area contributed by atoms with Crippen molar-refractivity contribution in [3.8, 4) is 11.5 Å². The molecule has 1 aromatic heterocycles. The first kappa shape index (κ1) is 16.3. The fraction of sp³-hybridized carbons (Fsp3) is 0.176. The Morgan fingerprint density at radius 3 is 2.88 bits per heavy atom. The van der Waals surface area contributed by atoms with Gasteiger partial charge in [-0.05, 0) is 23.8 Å². The first-order chi connectivity index (χ1) is 12.5. The molecule has 4 rings (SSSR count). The molecular weight excluding hydrogens is 358 g/mol. The Hall–Kier alpha value is -3.20. The van der Waals surface area contributed by atoms with Gasteiger partial charge in [-0.15, -0.1) is 0 Å². The second-order valence-corrected chi connectivity index (χ2v) is 6.73. The van der Waals surface area contributed by atoms with E-state index in [0.29, 0.717) is 21.0 Å². The third-order valence-corrected chi connectivity index (χ3v) is 5.11. The van der Waals surface area contributed by atoms with E-state index in [1.54, 1.807) is 35.9 Å². The van der Waals surface area contributed by atoms with Crippen molar-refractivity contribution in [1.82, 2.24) is 4.57 Å². The van der Waals surface area contributed by atoms with Crippen molar-refractivity contribution in [3.63, 3.8) is 0 Å². The molecule has 0 aliphatic carbocycles. The Morgan fingerprint density at radius 1 is 1.27 bits per heavy atom. The van der Waals surface area contributed by atoms with Gasteiger partial charge in [0.05, 0.1) is 21.6 Å². The molecule has 1 aliphatic rings. The Morgan fingerprint density at radius 2 is 2.08 bits per heavy atom. The van der Waals surface area contributed by atoms with Gasteiger partial charge >= 0.3 is 0 Å². The molecule has 0 atom stereocenters. The maximum absolute atomic E-state index is 12.3. The number of ether oxygens (including phenoxy) is 2. The first-order valence-electron chi connectivity index (χ1n) is 7.71. The minimum atomic E-state index is -0.444. The summed E-state index contributed by atoms with van der Waals surface area (Å²) in [7, 11) is 1.78. The fourth-order valence-corrected chi connectivity index (χ4v) is 3.78. The molecule has 0 fully saturated rings. The van der Waals surface area contributed by atoms with Crippen LogP contribution in [-0.4, -0.2) is 22.2 Å². The lowest BCUT2D eigenvalue weighted by molar-refractivity contribution is -0.384.